The van der Waals surface area contributed by atoms with Gasteiger partial charge in [-0.15, -0.1) is 0 Å². The Morgan fingerprint density at radius 2 is 1.27 bits per heavy atom. The molecule has 0 spiro atoms. The van der Waals surface area contributed by atoms with E-state index in [1.165, 1.54) is 4.90 Å². The van der Waals surface area contributed by atoms with Crippen molar-refractivity contribution in [2.24, 2.45) is 29.0 Å². The van der Waals surface area contributed by atoms with Crippen LogP contribution in [-0.2, 0) is 40.0 Å². The van der Waals surface area contributed by atoms with E-state index in [0.717, 1.165) is 5.56 Å². The number of rotatable bonds is 19. The quantitative estimate of drug-likeness (QED) is 0.0792. The zero-order chi connectivity index (χ0) is 36.8. The van der Waals surface area contributed by atoms with Crippen molar-refractivity contribution >= 4 is 41.4 Å². The number of carbonyl (C=O) groups excluding carboxylic acids is 7. The third-order valence-electron chi connectivity index (χ3n) is 8.01. The number of aliphatic hydroxyl groups excluding tert-OH is 1. The number of benzene rings is 1. The highest BCUT2D eigenvalue weighted by molar-refractivity contribution is 5.98. The molecule has 49 heavy (non-hydrogen) atoms. The molecular weight excluding hydrogens is 636 g/mol. The van der Waals surface area contributed by atoms with Gasteiger partial charge >= 0.3 is 0 Å². The maximum atomic E-state index is 13.7. The van der Waals surface area contributed by atoms with Crippen LogP contribution in [0.15, 0.2) is 30.3 Å². The van der Waals surface area contributed by atoms with Crippen molar-refractivity contribution in [3.63, 3.8) is 0 Å². The summed E-state index contributed by atoms with van der Waals surface area (Å²) in [5.74, 6) is -5.37. The second-order valence-electron chi connectivity index (χ2n) is 13.2. The molecule has 0 radical (unpaired) electrons. The number of nitrogens with two attached hydrogens (primary N) is 3. The molecule has 1 aliphatic heterocycles. The first-order valence-corrected chi connectivity index (χ1v) is 16.5. The number of amides is 7. The second-order valence-corrected chi connectivity index (χ2v) is 13.2. The average molecular weight is 689 g/mol. The van der Waals surface area contributed by atoms with Crippen LogP contribution in [-0.4, -0.2) is 101 Å². The highest BCUT2D eigenvalue weighted by Crippen LogP contribution is 2.19. The normalized spacial score (nSPS) is 17.4. The predicted molar refractivity (Wildman–Crippen MR) is 180 cm³/mol. The molecule has 0 unspecified atom stereocenters. The van der Waals surface area contributed by atoms with E-state index < -0.39 is 90.6 Å². The molecule has 6 atom stereocenters. The first-order valence-electron chi connectivity index (χ1n) is 16.5. The topological polar surface area (TPSA) is 269 Å². The molecule has 1 saturated heterocycles. The number of hydrogen-bond donors (Lipinski definition) is 8. The number of primary amides is 2. The lowest BCUT2D eigenvalue weighted by molar-refractivity contribution is -0.142. The Labute approximate surface area is 286 Å². The Morgan fingerprint density at radius 3 is 1.73 bits per heavy atom. The monoisotopic (exact) mass is 688 g/mol. The molecule has 0 aromatic heterocycles. The minimum atomic E-state index is -1.41. The molecule has 1 aliphatic rings. The molecule has 16 heteroatoms. The van der Waals surface area contributed by atoms with Crippen molar-refractivity contribution < 1.29 is 38.7 Å². The lowest BCUT2D eigenvalue weighted by Crippen LogP contribution is -2.60. The number of nitrogens with zero attached hydrogens (tertiary/aromatic N) is 1. The Hall–Kier alpha value is -4.57. The molecule has 2 rings (SSSR count). The van der Waals surface area contributed by atoms with E-state index in [0.29, 0.717) is 12.8 Å². The molecule has 0 aliphatic carbocycles. The van der Waals surface area contributed by atoms with Gasteiger partial charge in [-0.3, -0.25) is 33.6 Å². The van der Waals surface area contributed by atoms with Crippen LogP contribution in [0.3, 0.4) is 0 Å². The SMILES string of the molecule is CC(C)C[C@H](NC(=O)[C@H](Cc1ccccc1)NC(=O)[C@@H](N)CO)C(=O)N[C@@H](CC(C)C)C(=O)N[C@@H](CC(N)=O)C(=O)N1CCC[C@H]1C(N)=O. The molecular formula is C33H52N8O8. The van der Waals surface area contributed by atoms with Crippen LogP contribution < -0.4 is 38.5 Å². The first kappa shape index (κ1) is 40.6. The van der Waals surface area contributed by atoms with Gasteiger partial charge < -0.3 is 48.5 Å². The summed E-state index contributed by atoms with van der Waals surface area (Å²) < 4.78 is 0. The van der Waals surface area contributed by atoms with E-state index in [-0.39, 0.29) is 37.6 Å². The zero-order valence-corrected chi connectivity index (χ0v) is 28.6. The first-order chi connectivity index (χ1) is 23.0. The molecule has 7 amide bonds. The van der Waals surface area contributed by atoms with Crippen molar-refractivity contribution in [2.45, 2.75) is 102 Å². The largest absolute Gasteiger partial charge is 0.394 e. The lowest BCUT2D eigenvalue weighted by Gasteiger charge is -2.30. The van der Waals surface area contributed by atoms with Gasteiger partial charge in [0.2, 0.25) is 41.4 Å². The van der Waals surface area contributed by atoms with E-state index in [9.17, 15) is 38.7 Å². The third-order valence-corrected chi connectivity index (χ3v) is 8.01. The molecule has 0 saturated carbocycles. The van der Waals surface area contributed by atoms with Crippen LogP contribution in [0, 0.1) is 11.8 Å². The number of hydrogen-bond acceptors (Lipinski definition) is 9. The Bertz CT molecular complexity index is 1320. The Morgan fingerprint density at radius 1 is 0.776 bits per heavy atom. The van der Waals surface area contributed by atoms with Crippen LogP contribution in [0.25, 0.3) is 0 Å². The predicted octanol–water partition coefficient (Wildman–Crippen LogP) is -2.07. The van der Waals surface area contributed by atoms with Gasteiger partial charge in [-0.05, 0) is 43.1 Å². The fourth-order valence-corrected chi connectivity index (χ4v) is 5.57. The van der Waals surface area contributed by atoms with E-state index in [2.05, 4.69) is 21.3 Å². The number of likely N-dealkylation sites (tertiary alicyclic amines) is 1. The maximum absolute atomic E-state index is 13.7. The number of aliphatic hydroxyl groups is 1. The maximum Gasteiger partial charge on any atom is 0.246 e. The number of carbonyl (C=O) groups is 7. The molecule has 1 aromatic rings. The molecule has 16 nitrogen and oxygen atoms in total. The van der Waals surface area contributed by atoms with Crippen LogP contribution in [0.5, 0.6) is 0 Å². The van der Waals surface area contributed by atoms with Crippen molar-refractivity contribution in [2.75, 3.05) is 13.2 Å². The van der Waals surface area contributed by atoms with Gasteiger partial charge in [-0.2, -0.15) is 0 Å². The summed E-state index contributed by atoms with van der Waals surface area (Å²) in [6, 6.07) is 1.81. The lowest BCUT2D eigenvalue weighted by atomic mass is 9.98. The highest BCUT2D eigenvalue weighted by atomic mass is 16.3. The minimum absolute atomic E-state index is 0.0634. The Balaban J connectivity index is 2.30. The summed E-state index contributed by atoms with van der Waals surface area (Å²) in [5.41, 5.74) is 17.2. The van der Waals surface area contributed by atoms with Gasteiger partial charge in [0.05, 0.1) is 13.0 Å². The highest BCUT2D eigenvalue weighted by Gasteiger charge is 2.38. The molecule has 0 bridgehead atoms. The van der Waals surface area contributed by atoms with Crippen molar-refractivity contribution in [1.82, 2.24) is 26.2 Å². The third kappa shape index (κ3) is 13.1. The van der Waals surface area contributed by atoms with Gasteiger partial charge in [0.1, 0.15) is 36.3 Å². The van der Waals surface area contributed by atoms with Gasteiger partial charge in [0.25, 0.3) is 0 Å². The van der Waals surface area contributed by atoms with Gasteiger partial charge in [-0.25, -0.2) is 0 Å². The van der Waals surface area contributed by atoms with Gasteiger partial charge in [0.15, 0.2) is 0 Å². The van der Waals surface area contributed by atoms with Gasteiger partial charge in [0, 0.05) is 13.0 Å². The van der Waals surface area contributed by atoms with Crippen LogP contribution in [0.4, 0.5) is 0 Å². The fourth-order valence-electron chi connectivity index (χ4n) is 5.57. The standard InChI is InChI=1S/C33H52N8O8/c1-18(2)13-22(39-32(48)24(37-29(45)21(34)17-42)15-20-9-6-5-7-10-20)30(46)38-23(14-19(3)4)31(47)40-25(16-27(35)43)33(49)41-12-8-11-26(41)28(36)44/h5-7,9-10,18-19,21-26,42H,8,11-17,34H2,1-4H3,(H2,35,43)(H2,36,44)(H,37,45)(H,38,46)(H,39,48)(H,40,47)/t21-,22-,23-,24-,25-,26-/m0/s1. The summed E-state index contributed by atoms with van der Waals surface area (Å²) >= 11 is 0. The minimum Gasteiger partial charge on any atom is -0.394 e. The van der Waals surface area contributed by atoms with E-state index >= 15 is 0 Å². The van der Waals surface area contributed by atoms with Gasteiger partial charge in [-0.1, -0.05) is 58.0 Å². The van der Waals surface area contributed by atoms with E-state index in [4.69, 9.17) is 17.2 Å². The second kappa shape index (κ2) is 19.4. The van der Waals surface area contributed by atoms with Crippen LogP contribution >= 0.6 is 0 Å². The van der Waals surface area contributed by atoms with Crippen molar-refractivity contribution in [3.8, 4) is 0 Å². The molecule has 1 aromatic carbocycles. The van der Waals surface area contributed by atoms with Crippen molar-refractivity contribution in [1.29, 1.82) is 0 Å². The zero-order valence-electron chi connectivity index (χ0n) is 28.6. The molecule has 1 heterocycles. The van der Waals surface area contributed by atoms with E-state index in [1.54, 1.807) is 30.3 Å². The number of nitrogens with one attached hydrogen (secondary N) is 4. The van der Waals surface area contributed by atoms with Crippen LogP contribution in [0.1, 0.15) is 65.4 Å². The molecule has 1 fully saturated rings. The Kier molecular flexibility index (Phi) is 16.1. The average Bonchev–Trinajstić information content (AvgIpc) is 3.53. The summed E-state index contributed by atoms with van der Waals surface area (Å²) in [7, 11) is 0. The fraction of sp³-hybridized carbons (Fsp3) is 0.606. The molecule has 272 valence electrons. The van der Waals surface area contributed by atoms with Crippen LogP contribution in [0.2, 0.25) is 0 Å². The molecule has 11 N–H and O–H groups in total. The van der Waals surface area contributed by atoms with Crippen molar-refractivity contribution in [3.05, 3.63) is 35.9 Å². The summed E-state index contributed by atoms with van der Waals surface area (Å²) in [5, 5.41) is 19.8. The summed E-state index contributed by atoms with van der Waals surface area (Å²) in [4.78, 5) is 92.0. The summed E-state index contributed by atoms with van der Waals surface area (Å²) in [6.45, 7) is 6.89. The summed E-state index contributed by atoms with van der Waals surface area (Å²) in [6.07, 6.45) is 0.676. The smallest absolute Gasteiger partial charge is 0.246 e. The van der Waals surface area contributed by atoms with E-state index in [1.807, 2.05) is 27.7 Å².